The number of aryl methyl sites for hydroxylation is 3. The lowest BCUT2D eigenvalue weighted by atomic mass is 9.98. The first-order valence-electron chi connectivity index (χ1n) is 11.0. The zero-order chi connectivity index (χ0) is 22.8. The average molecular weight is 432 g/mol. The van der Waals surface area contributed by atoms with E-state index in [2.05, 4.69) is 86.8 Å². The number of hydrogen-bond acceptors (Lipinski definition) is 5. The zero-order valence-electron chi connectivity index (χ0n) is 19.0. The lowest BCUT2D eigenvalue weighted by Gasteiger charge is -2.12. The summed E-state index contributed by atoms with van der Waals surface area (Å²) in [5.41, 5.74) is 10.1. The maximum absolute atomic E-state index is 4.50. The first kappa shape index (κ1) is 20.8. The topological polar surface area (TPSA) is 63.6 Å². The van der Waals surface area contributed by atoms with Crippen molar-refractivity contribution in [3.63, 3.8) is 0 Å². The molecule has 5 heteroatoms. The molecule has 0 amide bonds. The molecule has 3 aromatic heterocycles. The second-order valence-corrected chi connectivity index (χ2v) is 8.33. The molecule has 0 aliphatic heterocycles. The van der Waals surface area contributed by atoms with Crippen molar-refractivity contribution in [2.45, 2.75) is 27.3 Å². The minimum Gasteiger partial charge on any atom is -0.365 e. The Bertz CT molecular complexity index is 1460. The van der Waals surface area contributed by atoms with Gasteiger partial charge in [-0.15, -0.1) is 0 Å². The summed E-state index contributed by atoms with van der Waals surface area (Å²) in [4.78, 5) is 17.6. The largest absolute Gasteiger partial charge is 0.365 e. The van der Waals surface area contributed by atoms with E-state index in [0.717, 1.165) is 39.2 Å². The van der Waals surface area contributed by atoms with Gasteiger partial charge in [-0.1, -0.05) is 24.3 Å². The zero-order valence-corrected chi connectivity index (χ0v) is 19.0. The third-order valence-corrected chi connectivity index (χ3v) is 5.82. The minimum absolute atomic E-state index is 0.688. The van der Waals surface area contributed by atoms with Crippen LogP contribution in [0.25, 0.3) is 33.2 Å². The summed E-state index contributed by atoms with van der Waals surface area (Å²) in [6, 6.07) is 21.2. The number of anilines is 1. The van der Waals surface area contributed by atoms with Crippen molar-refractivity contribution in [2.75, 3.05) is 5.32 Å². The predicted octanol–water partition coefficient (Wildman–Crippen LogP) is 6.29. The van der Waals surface area contributed by atoms with E-state index >= 15 is 0 Å². The number of benzene rings is 2. The van der Waals surface area contributed by atoms with E-state index in [-0.39, 0.29) is 0 Å². The number of fused-ring (bicyclic) bond motifs is 1. The number of rotatable bonds is 5. The molecule has 2 aromatic carbocycles. The number of nitrogens with one attached hydrogen (secondary N) is 1. The van der Waals surface area contributed by atoms with Crippen molar-refractivity contribution in [3.05, 3.63) is 102 Å². The second kappa shape index (κ2) is 8.79. The molecule has 33 heavy (non-hydrogen) atoms. The van der Waals surface area contributed by atoms with Crippen LogP contribution < -0.4 is 5.32 Å². The van der Waals surface area contributed by atoms with E-state index in [1.165, 1.54) is 22.3 Å². The molecule has 162 valence electrons. The van der Waals surface area contributed by atoms with Crippen molar-refractivity contribution in [3.8, 4) is 22.3 Å². The van der Waals surface area contributed by atoms with Crippen molar-refractivity contribution in [1.29, 1.82) is 0 Å². The minimum atomic E-state index is 0.688. The molecule has 0 spiro atoms. The van der Waals surface area contributed by atoms with Gasteiger partial charge in [0.25, 0.3) is 0 Å². The van der Waals surface area contributed by atoms with Crippen LogP contribution in [-0.4, -0.2) is 19.9 Å². The maximum Gasteiger partial charge on any atom is 0.137 e. The summed E-state index contributed by atoms with van der Waals surface area (Å²) >= 11 is 0. The average Bonchev–Trinajstić information content (AvgIpc) is 2.82. The van der Waals surface area contributed by atoms with E-state index in [1.807, 2.05) is 32.3 Å². The summed E-state index contributed by atoms with van der Waals surface area (Å²) in [7, 11) is 0. The van der Waals surface area contributed by atoms with Gasteiger partial charge in [-0.3, -0.25) is 9.97 Å². The molecule has 5 nitrogen and oxygen atoms in total. The number of pyridine rings is 2. The highest BCUT2D eigenvalue weighted by Gasteiger charge is 2.08. The third kappa shape index (κ3) is 4.44. The Hall–Kier alpha value is -4.12. The predicted molar refractivity (Wildman–Crippen MR) is 134 cm³/mol. The van der Waals surface area contributed by atoms with Gasteiger partial charge in [-0.05, 0) is 90.6 Å². The van der Waals surface area contributed by atoms with E-state index in [4.69, 9.17) is 0 Å². The molecule has 0 atom stereocenters. The normalized spacial score (nSPS) is 11.0. The Kier molecular flexibility index (Phi) is 5.53. The molecule has 0 fully saturated rings. The van der Waals surface area contributed by atoms with E-state index in [1.54, 1.807) is 6.33 Å². The highest BCUT2D eigenvalue weighted by Crippen LogP contribution is 2.28. The van der Waals surface area contributed by atoms with Crippen molar-refractivity contribution in [1.82, 2.24) is 19.9 Å². The Morgan fingerprint density at radius 2 is 1.39 bits per heavy atom. The van der Waals surface area contributed by atoms with Gasteiger partial charge in [0, 0.05) is 35.7 Å². The third-order valence-electron chi connectivity index (χ3n) is 5.82. The van der Waals surface area contributed by atoms with Gasteiger partial charge in [0.2, 0.25) is 0 Å². The molecule has 0 radical (unpaired) electrons. The summed E-state index contributed by atoms with van der Waals surface area (Å²) in [5, 5.41) is 4.50. The van der Waals surface area contributed by atoms with E-state index < -0.39 is 0 Å². The van der Waals surface area contributed by atoms with Crippen molar-refractivity contribution >= 4 is 16.7 Å². The fourth-order valence-corrected chi connectivity index (χ4v) is 4.16. The molecule has 0 aliphatic carbocycles. The summed E-state index contributed by atoms with van der Waals surface area (Å²) in [6.07, 6.45) is 5.32. The Labute approximate surface area is 193 Å². The molecule has 5 rings (SSSR count). The number of nitrogens with zero attached hydrogens (tertiary/aromatic N) is 4. The summed E-state index contributed by atoms with van der Waals surface area (Å²) in [6.45, 7) is 6.86. The monoisotopic (exact) mass is 431 g/mol. The highest BCUT2D eigenvalue weighted by molar-refractivity contribution is 5.92. The van der Waals surface area contributed by atoms with Crippen LogP contribution in [0.3, 0.4) is 0 Å². The molecule has 3 heterocycles. The van der Waals surface area contributed by atoms with Crippen LogP contribution in [0.1, 0.15) is 22.5 Å². The Balaban J connectivity index is 1.38. The van der Waals surface area contributed by atoms with Gasteiger partial charge in [-0.2, -0.15) is 0 Å². The second-order valence-electron chi connectivity index (χ2n) is 8.33. The molecular weight excluding hydrogens is 406 g/mol. The van der Waals surface area contributed by atoms with Gasteiger partial charge in [-0.25, -0.2) is 9.97 Å². The van der Waals surface area contributed by atoms with Gasteiger partial charge in [0.15, 0.2) is 0 Å². The first-order chi connectivity index (χ1) is 16.1. The van der Waals surface area contributed by atoms with Crippen LogP contribution in [0.2, 0.25) is 0 Å². The number of aromatic nitrogens is 4. The lowest BCUT2D eigenvalue weighted by molar-refractivity contribution is 1.10. The smallest absolute Gasteiger partial charge is 0.137 e. The van der Waals surface area contributed by atoms with Crippen LogP contribution >= 0.6 is 0 Å². The van der Waals surface area contributed by atoms with Gasteiger partial charge < -0.3 is 5.32 Å². The highest BCUT2D eigenvalue weighted by atomic mass is 15.0. The molecule has 0 saturated carbocycles. The first-order valence-corrected chi connectivity index (χ1v) is 11.0. The lowest BCUT2D eigenvalue weighted by Crippen LogP contribution is -2.03. The van der Waals surface area contributed by atoms with E-state index in [9.17, 15) is 0 Å². The molecule has 1 N–H and O–H groups in total. The van der Waals surface area contributed by atoms with Crippen molar-refractivity contribution in [2.24, 2.45) is 0 Å². The molecule has 0 bridgehead atoms. The van der Waals surface area contributed by atoms with Crippen LogP contribution in [0, 0.1) is 20.8 Å². The summed E-state index contributed by atoms with van der Waals surface area (Å²) in [5.74, 6) is 0.837. The maximum atomic E-state index is 4.50. The fraction of sp³-hybridized carbons (Fsp3) is 0.143. The van der Waals surface area contributed by atoms with Gasteiger partial charge >= 0.3 is 0 Å². The standard InChI is InChI=1S/C28H25N5/c1-18-12-21(4-6-25(18)24-9-11-30-20(3)14-24)16-31-28-26-7-5-22(15-27(26)32-17-33-28)23-8-10-29-19(2)13-23/h4-15,17H,16H2,1-3H3,(H,31,32,33). The molecule has 0 saturated heterocycles. The van der Waals surface area contributed by atoms with Crippen molar-refractivity contribution < 1.29 is 0 Å². The Morgan fingerprint density at radius 3 is 2.15 bits per heavy atom. The molecule has 0 unspecified atom stereocenters. The fourth-order valence-electron chi connectivity index (χ4n) is 4.16. The molecule has 0 aliphatic rings. The van der Waals surface area contributed by atoms with Gasteiger partial charge in [0.1, 0.15) is 12.1 Å². The SMILES string of the molecule is Cc1cc(-c2ccc3c(NCc4ccc(-c5ccnc(C)c5)c(C)c4)ncnc3c2)ccn1. The van der Waals surface area contributed by atoms with Crippen LogP contribution in [-0.2, 0) is 6.54 Å². The molecular formula is C28H25N5. The Morgan fingerprint density at radius 1 is 0.667 bits per heavy atom. The van der Waals surface area contributed by atoms with Crippen LogP contribution in [0.4, 0.5) is 5.82 Å². The molecule has 5 aromatic rings. The van der Waals surface area contributed by atoms with Crippen LogP contribution in [0.5, 0.6) is 0 Å². The van der Waals surface area contributed by atoms with Gasteiger partial charge in [0.05, 0.1) is 5.52 Å². The van der Waals surface area contributed by atoms with E-state index in [0.29, 0.717) is 6.54 Å². The van der Waals surface area contributed by atoms with Crippen LogP contribution in [0.15, 0.2) is 79.4 Å². The summed E-state index contributed by atoms with van der Waals surface area (Å²) < 4.78 is 0. The number of hydrogen-bond donors (Lipinski definition) is 1. The quantitative estimate of drug-likeness (QED) is 0.354.